The van der Waals surface area contributed by atoms with Crippen LogP contribution in [0, 0.1) is 17.5 Å². The Morgan fingerprint density at radius 2 is 1.67 bits per heavy atom. The van der Waals surface area contributed by atoms with Gasteiger partial charge in [-0.15, -0.1) is 4.72 Å². The first-order valence-electron chi connectivity index (χ1n) is 8.14. The van der Waals surface area contributed by atoms with E-state index >= 15 is 0 Å². The Labute approximate surface area is 160 Å². The van der Waals surface area contributed by atoms with Crippen LogP contribution in [0.1, 0.15) is 31.3 Å². The lowest BCUT2D eigenvalue weighted by Crippen LogP contribution is -2.40. The largest absolute Gasteiger partial charge is 0.593 e. The van der Waals surface area contributed by atoms with Crippen molar-refractivity contribution in [3.8, 4) is 0 Å². The maximum atomic E-state index is 13.8. The minimum Gasteiger partial charge on any atom is -0.593 e. The van der Waals surface area contributed by atoms with E-state index in [0.29, 0.717) is 4.90 Å². The van der Waals surface area contributed by atoms with Crippen LogP contribution in [0.4, 0.5) is 18.9 Å². The molecular formula is C16H20B2F3N3O2S. The quantitative estimate of drug-likeness (QED) is 0.420. The van der Waals surface area contributed by atoms with Crippen LogP contribution in [0.15, 0.2) is 17.2 Å². The Kier molecular flexibility index (Phi) is 6.08. The monoisotopic (exact) mass is 397 g/mol. The number of halogens is 3. The SMILES string of the molecule is Bc1c(F)c(F)c(F)c(B)c1NC(=O)c1cc([S+]([O-])NC(C)(C)C)cn1C. The Balaban J connectivity index is 2.33. The topological polar surface area (TPSA) is 69.1 Å². The highest BCUT2D eigenvalue weighted by Crippen LogP contribution is 2.18. The van der Waals surface area contributed by atoms with Crippen LogP contribution in [0.2, 0.25) is 0 Å². The molecule has 2 aromatic rings. The molecule has 0 bridgehead atoms. The molecular weight excluding hydrogens is 377 g/mol. The van der Waals surface area contributed by atoms with Crippen molar-refractivity contribution in [1.29, 1.82) is 0 Å². The predicted octanol–water partition coefficient (Wildman–Crippen LogP) is -0.378. The van der Waals surface area contributed by atoms with E-state index in [1.54, 1.807) is 7.05 Å². The molecule has 0 radical (unpaired) electrons. The van der Waals surface area contributed by atoms with Gasteiger partial charge in [0.25, 0.3) is 5.91 Å². The van der Waals surface area contributed by atoms with Gasteiger partial charge in [0, 0.05) is 18.8 Å². The van der Waals surface area contributed by atoms with E-state index in [-0.39, 0.29) is 22.3 Å². The Bertz CT molecular complexity index is 871. The first kappa shape index (κ1) is 21.5. The molecule has 11 heteroatoms. The van der Waals surface area contributed by atoms with Gasteiger partial charge in [-0.2, -0.15) is 0 Å². The second kappa shape index (κ2) is 7.65. The lowest BCUT2D eigenvalue weighted by molar-refractivity contribution is 0.101. The molecule has 0 aliphatic rings. The van der Waals surface area contributed by atoms with Gasteiger partial charge in [-0.05, 0) is 31.7 Å². The van der Waals surface area contributed by atoms with Crippen LogP contribution in [-0.2, 0) is 18.4 Å². The number of nitrogens with zero attached hydrogens (tertiary/aromatic N) is 1. The standard InChI is InChI=1S/C16H20B2F3N3O2S/c1-16(2,3)23-27(26)7-5-8(24(4)6-7)15(25)22-14-9(17)11(19)13(21)12(20)10(14)18/h5-6,23H,17-18H2,1-4H3,(H,22,25). The molecule has 0 spiro atoms. The third kappa shape index (κ3) is 4.53. The third-order valence-corrected chi connectivity index (χ3v) is 5.31. The second-order valence-electron chi connectivity index (χ2n) is 7.31. The fourth-order valence-electron chi connectivity index (χ4n) is 2.49. The fourth-order valence-corrected chi connectivity index (χ4v) is 3.64. The van der Waals surface area contributed by atoms with E-state index in [1.165, 1.54) is 32.5 Å². The average molecular weight is 397 g/mol. The summed E-state index contributed by atoms with van der Waals surface area (Å²) in [4.78, 5) is 13.0. The van der Waals surface area contributed by atoms with Gasteiger partial charge in [0.2, 0.25) is 0 Å². The summed E-state index contributed by atoms with van der Waals surface area (Å²) in [7, 11) is 4.08. The van der Waals surface area contributed by atoms with E-state index in [1.807, 2.05) is 20.8 Å². The summed E-state index contributed by atoms with van der Waals surface area (Å²) in [5, 5.41) is 2.42. The molecule has 1 heterocycles. The summed E-state index contributed by atoms with van der Waals surface area (Å²) in [6, 6.07) is 1.42. The van der Waals surface area contributed by atoms with Crippen LogP contribution in [0.25, 0.3) is 0 Å². The molecule has 0 saturated heterocycles. The van der Waals surface area contributed by atoms with Gasteiger partial charge < -0.3 is 14.4 Å². The van der Waals surface area contributed by atoms with Crippen LogP contribution in [-0.4, -0.2) is 36.3 Å². The number of anilines is 1. The number of aromatic nitrogens is 1. The molecule has 1 atom stereocenters. The van der Waals surface area contributed by atoms with Crippen molar-refractivity contribution in [2.75, 3.05) is 5.32 Å². The molecule has 0 fully saturated rings. The normalized spacial score (nSPS) is 12.9. The Morgan fingerprint density at radius 1 is 1.15 bits per heavy atom. The van der Waals surface area contributed by atoms with E-state index in [2.05, 4.69) is 10.0 Å². The van der Waals surface area contributed by atoms with Crippen molar-refractivity contribution < 1.29 is 22.5 Å². The Hall–Kier alpha value is -1.84. The van der Waals surface area contributed by atoms with Gasteiger partial charge >= 0.3 is 0 Å². The first-order valence-corrected chi connectivity index (χ1v) is 9.29. The molecule has 144 valence electrons. The van der Waals surface area contributed by atoms with Gasteiger partial charge in [0.05, 0.1) is 23.1 Å². The van der Waals surface area contributed by atoms with Crippen molar-refractivity contribution in [2.45, 2.75) is 31.2 Å². The van der Waals surface area contributed by atoms with Crippen molar-refractivity contribution in [2.24, 2.45) is 7.05 Å². The highest BCUT2D eigenvalue weighted by Gasteiger charge is 2.26. The highest BCUT2D eigenvalue weighted by molar-refractivity contribution is 7.89. The third-order valence-electron chi connectivity index (χ3n) is 3.86. The number of benzene rings is 1. The van der Waals surface area contributed by atoms with Crippen molar-refractivity contribution in [3.63, 3.8) is 0 Å². The fraction of sp³-hybridized carbons (Fsp3) is 0.312. The lowest BCUT2D eigenvalue weighted by Gasteiger charge is -2.20. The van der Waals surface area contributed by atoms with Crippen molar-refractivity contribution >= 4 is 49.6 Å². The summed E-state index contributed by atoms with van der Waals surface area (Å²) >= 11 is -1.54. The van der Waals surface area contributed by atoms with Crippen LogP contribution < -0.4 is 21.0 Å². The molecule has 27 heavy (non-hydrogen) atoms. The molecule has 0 aliphatic carbocycles. The molecule has 0 aliphatic heterocycles. The van der Waals surface area contributed by atoms with E-state index in [4.69, 9.17) is 0 Å². The molecule has 0 saturated carbocycles. The number of amides is 1. The van der Waals surface area contributed by atoms with Gasteiger partial charge in [-0.1, -0.05) is 0 Å². The molecule has 1 aromatic heterocycles. The minimum absolute atomic E-state index is 0.131. The number of hydrogen-bond acceptors (Lipinski definition) is 3. The zero-order chi connectivity index (χ0) is 20.7. The van der Waals surface area contributed by atoms with Gasteiger partial charge in [0.1, 0.15) is 21.4 Å². The maximum Gasteiger partial charge on any atom is 0.272 e. The summed E-state index contributed by atoms with van der Waals surface area (Å²) in [5.74, 6) is -4.94. The van der Waals surface area contributed by atoms with Crippen LogP contribution in [0.5, 0.6) is 0 Å². The number of hydrogen-bond donors (Lipinski definition) is 2. The average Bonchev–Trinajstić information content (AvgIpc) is 2.95. The van der Waals surface area contributed by atoms with E-state index in [9.17, 15) is 22.5 Å². The van der Waals surface area contributed by atoms with Crippen molar-refractivity contribution in [3.05, 3.63) is 35.4 Å². The van der Waals surface area contributed by atoms with Crippen LogP contribution in [0.3, 0.4) is 0 Å². The summed E-state index contributed by atoms with van der Waals surface area (Å²) in [6.45, 7) is 5.56. The molecule has 2 N–H and O–H groups in total. The summed E-state index contributed by atoms with van der Waals surface area (Å²) in [5.41, 5.74) is -0.800. The molecule has 1 unspecified atom stereocenters. The minimum atomic E-state index is -1.58. The number of carbonyl (C=O) groups is 1. The number of aryl methyl sites for hydroxylation is 1. The number of carbonyl (C=O) groups excluding carboxylic acids is 1. The second-order valence-corrected chi connectivity index (χ2v) is 8.53. The molecule has 5 nitrogen and oxygen atoms in total. The number of nitrogens with one attached hydrogen (secondary N) is 2. The predicted molar refractivity (Wildman–Crippen MR) is 105 cm³/mol. The van der Waals surface area contributed by atoms with E-state index < -0.39 is 40.3 Å². The van der Waals surface area contributed by atoms with Gasteiger partial charge in [-0.3, -0.25) is 4.79 Å². The van der Waals surface area contributed by atoms with Gasteiger partial charge in [-0.25, -0.2) is 13.2 Å². The molecule has 2 rings (SSSR count). The summed E-state index contributed by atoms with van der Waals surface area (Å²) < 4.78 is 57.8. The van der Waals surface area contributed by atoms with Crippen LogP contribution >= 0.6 is 0 Å². The molecule has 1 amide bonds. The lowest BCUT2D eigenvalue weighted by atomic mass is 9.83. The molecule has 1 aromatic carbocycles. The Morgan fingerprint density at radius 3 is 2.15 bits per heavy atom. The zero-order valence-corrected chi connectivity index (χ0v) is 16.8. The first-order chi connectivity index (χ1) is 12.3. The summed E-state index contributed by atoms with van der Waals surface area (Å²) in [6.07, 6.45) is 1.52. The maximum absolute atomic E-state index is 13.8. The van der Waals surface area contributed by atoms with Gasteiger partial charge in [0.15, 0.2) is 22.3 Å². The number of rotatable bonds is 4. The highest BCUT2D eigenvalue weighted by atomic mass is 32.2. The van der Waals surface area contributed by atoms with E-state index in [0.717, 1.165) is 0 Å². The zero-order valence-electron chi connectivity index (χ0n) is 16.0. The smallest absolute Gasteiger partial charge is 0.272 e. The van der Waals surface area contributed by atoms with Crippen molar-refractivity contribution in [1.82, 2.24) is 9.29 Å².